The average molecular weight is 326 g/mol. The molecule has 124 valence electrons. The van der Waals surface area contributed by atoms with Crippen LogP contribution in [0.2, 0.25) is 0 Å². The Bertz CT molecular complexity index is 704. The molecule has 1 aliphatic rings. The van der Waals surface area contributed by atoms with Crippen LogP contribution in [0.5, 0.6) is 0 Å². The lowest BCUT2D eigenvalue weighted by molar-refractivity contribution is -0.141. The average Bonchev–Trinajstić information content (AvgIpc) is 3.15. The number of halogens is 3. The van der Waals surface area contributed by atoms with Gasteiger partial charge in [0, 0.05) is 25.2 Å². The van der Waals surface area contributed by atoms with Crippen molar-refractivity contribution in [3.05, 3.63) is 41.2 Å². The number of H-pyrrole nitrogens is 2. The molecule has 0 unspecified atom stereocenters. The lowest BCUT2D eigenvalue weighted by atomic mass is 9.97. The Morgan fingerprint density at radius 2 is 2.22 bits per heavy atom. The number of aromatic amines is 2. The zero-order valence-corrected chi connectivity index (χ0v) is 12.6. The predicted octanol–water partition coefficient (Wildman–Crippen LogP) is 3.08. The molecular weight excluding hydrogens is 309 g/mol. The van der Waals surface area contributed by atoms with Gasteiger partial charge in [0.2, 0.25) is 0 Å². The molecule has 1 aliphatic heterocycles. The molecule has 8 heteroatoms. The molecule has 2 aromatic heterocycles. The molecule has 1 atom stereocenters. The molecule has 2 N–H and O–H groups in total. The summed E-state index contributed by atoms with van der Waals surface area (Å²) >= 11 is 0. The zero-order chi connectivity index (χ0) is 16.6. The first kappa shape index (κ1) is 15.6. The van der Waals surface area contributed by atoms with E-state index in [0.29, 0.717) is 25.2 Å². The molecule has 0 bridgehead atoms. The van der Waals surface area contributed by atoms with Crippen molar-refractivity contribution >= 4 is 5.91 Å². The van der Waals surface area contributed by atoms with Crippen LogP contribution in [0.15, 0.2) is 18.5 Å². The van der Waals surface area contributed by atoms with Crippen LogP contribution in [0.3, 0.4) is 0 Å². The number of piperidine rings is 1. The Morgan fingerprint density at radius 3 is 2.83 bits per heavy atom. The lowest BCUT2D eigenvalue weighted by Crippen LogP contribution is -2.39. The first-order valence-electron chi connectivity index (χ1n) is 7.41. The van der Waals surface area contributed by atoms with Gasteiger partial charge < -0.3 is 14.9 Å². The molecule has 1 fully saturated rings. The van der Waals surface area contributed by atoms with Gasteiger partial charge in [0.05, 0.1) is 6.20 Å². The molecule has 1 saturated heterocycles. The number of alkyl halides is 3. The molecule has 3 heterocycles. The van der Waals surface area contributed by atoms with E-state index < -0.39 is 11.9 Å². The summed E-state index contributed by atoms with van der Waals surface area (Å²) < 4.78 is 38.0. The van der Waals surface area contributed by atoms with Crippen molar-refractivity contribution in [1.29, 1.82) is 0 Å². The second kappa shape index (κ2) is 5.75. The molecule has 0 spiro atoms. The zero-order valence-electron chi connectivity index (χ0n) is 12.6. The maximum absolute atomic E-state index is 12.7. The highest BCUT2D eigenvalue weighted by molar-refractivity contribution is 5.93. The van der Waals surface area contributed by atoms with Crippen molar-refractivity contribution in [2.75, 3.05) is 13.1 Å². The number of hydrogen-bond acceptors (Lipinski definition) is 2. The van der Waals surface area contributed by atoms with E-state index in [1.165, 1.54) is 0 Å². The fourth-order valence-corrected chi connectivity index (χ4v) is 2.91. The van der Waals surface area contributed by atoms with Gasteiger partial charge in [0.15, 0.2) is 0 Å². The van der Waals surface area contributed by atoms with Crippen LogP contribution in [0.4, 0.5) is 13.2 Å². The number of amides is 1. The number of carbonyl (C=O) groups is 1. The number of nitrogens with zero attached hydrogens (tertiary/aromatic N) is 2. The van der Waals surface area contributed by atoms with Crippen LogP contribution < -0.4 is 0 Å². The Hall–Kier alpha value is -2.25. The first-order chi connectivity index (χ1) is 10.9. The highest BCUT2D eigenvalue weighted by atomic mass is 19.4. The smallest absolute Gasteiger partial charge is 0.357 e. The number of likely N-dealkylation sites (tertiary alicyclic amines) is 1. The second-order valence-corrected chi connectivity index (χ2v) is 5.81. The summed E-state index contributed by atoms with van der Waals surface area (Å²) in [5, 5.41) is 0. The summed E-state index contributed by atoms with van der Waals surface area (Å²) in [7, 11) is 0. The van der Waals surface area contributed by atoms with Crippen molar-refractivity contribution < 1.29 is 18.0 Å². The third kappa shape index (κ3) is 3.11. The molecule has 2 aromatic rings. The molecule has 0 aromatic carbocycles. The SMILES string of the molecule is Cc1cc[nH]c1C(=O)N1CCC[C@H](c2ncc(C(F)(F)F)[nH]2)C1. The molecule has 1 amide bonds. The molecule has 23 heavy (non-hydrogen) atoms. The van der Waals surface area contributed by atoms with Crippen LogP contribution in [-0.4, -0.2) is 38.8 Å². The van der Waals surface area contributed by atoms with E-state index in [0.717, 1.165) is 18.2 Å². The van der Waals surface area contributed by atoms with Crippen molar-refractivity contribution in [1.82, 2.24) is 19.9 Å². The van der Waals surface area contributed by atoms with E-state index in [9.17, 15) is 18.0 Å². The van der Waals surface area contributed by atoms with Gasteiger partial charge in [-0.2, -0.15) is 13.2 Å². The maximum Gasteiger partial charge on any atom is 0.432 e. The monoisotopic (exact) mass is 326 g/mol. The number of aromatic nitrogens is 3. The number of carbonyl (C=O) groups excluding carboxylic acids is 1. The highest BCUT2D eigenvalue weighted by Gasteiger charge is 2.35. The summed E-state index contributed by atoms with van der Waals surface area (Å²) in [6.45, 7) is 2.80. The number of hydrogen-bond donors (Lipinski definition) is 2. The molecule has 3 rings (SSSR count). The van der Waals surface area contributed by atoms with E-state index in [1.54, 1.807) is 11.1 Å². The van der Waals surface area contributed by atoms with Crippen LogP contribution in [0, 0.1) is 6.92 Å². The van der Waals surface area contributed by atoms with E-state index in [4.69, 9.17) is 0 Å². The predicted molar refractivity (Wildman–Crippen MR) is 77.0 cm³/mol. The quantitative estimate of drug-likeness (QED) is 0.891. The lowest BCUT2D eigenvalue weighted by Gasteiger charge is -2.31. The minimum atomic E-state index is -4.43. The standard InChI is InChI=1S/C15H17F3N4O/c1-9-4-5-19-12(9)14(23)22-6-2-3-10(8-22)13-20-7-11(21-13)15(16,17)18/h4-5,7,10,19H,2-3,6,8H2,1H3,(H,20,21)/t10-/m0/s1. The van der Waals surface area contributed by atoms with Crippen molar-refractivity contribution in [2.45, 2.75) is 31.9 Å². The summed E-state index contributed by atoms with van der Waals surface area (Å²) in [5.74, 6) is -0.0445. The van der Waals surface area contributed by atoms with Crippen molar-refractivity contribution in [2.24, 2.45) is 0 Å². The third-order valence-electron chi connectivity index (χ3n) is 4.17. The van der Waals surface area contributed by atoms with Crippen LogP contribution in [0.25, 0.3) is 0 Å². The Morgan fingerprint density at radius 1 is 1.43 bits per heavy atom. The van der Waals surface area contributed by atoms with Crippen LogP contribution in [-0.2, 0) is 6.18 Å². The molecule has 0 aliphatic carbocycles. The van der Waals surface area contributed by atoms with Crippen LogP contribution in [0.1, 0.15) is 46.3 Å². The molecular formula is C15H17F3N4O. The van der Waals surface area contributed by atoms with Crippen molar-refractivity contribution in [3.8, 4) is 0 Å². The van der Waals surface area contributed by atoms with E-state index in [2.05, 4.69) is 15.0 Å². The highest BCUT2D eigenvalue weighted by Crippen LogP contribution is 2.31. The third-order valence-corrected chi connectivity index (χ3v) is 4.17. The first-order valence-corrected chi connectivity index (χ1v) is 7.41. The summed E-state index contributed by atoms with van der Waals surface area (Å²) in [5.41, 5.74) is 0.534. The second-order valence-electron chi connectivity index (χ2n) is 5.81. The Labute approximate surface area is 130 Å². The number of aryl methyl sites for hydroxylation is 1. The van der Waals surface area contributed by atoms with Gasteiger partial charge in [-0.15, -0.1) is 0 Å². The van der Waals surface area contributed by atoms with Gasteiger partial charge in [-0.3, -0.25) is 4.79 Å². The Balaban J connectivity index is 1.75. The summed E-state index contributed by atoms with van der Waals surface area (Å²) in [4.78, 5) is 23.3. The van der Waals surface area contributed by atoms with Gasteiger partial charge >= 0.3 is 6.18 Å². The van der Waals surface area contributed by atoms with Crippen molar-refractivity contribution in [3.63, 3.8) is 0 Å². The number of rotatable bonds is 2. The molecule has 0 radical (unpaired) electrons. The van der Waals surface area contributed by atoms with Gasteiger partial charge in [0.25, 0.3) is 5.91 Å². The van der Waals surface area contributed by atoms with Gasteiger partial charge in [-0.25, -0.2) is 4.98 Å². The fraction of sp³-hybridized carbons (Fsp3) is 0.467. The number of imidazole rings is 1. The van der Waals surface area contributed by atoms with Gasteiger partial charge in [0.1, 0.15) is 17.2 Å². The molecule has 5 nitrogen and oxygen atoms in total. The largest absolute Gasteiger partial charge is 0.432 e. The van der Waals surface area contributed by atoms with E-state index in [-0.39, 0.29) is 17.6 Å². The van der Waals surface area contributed by atoms with Gasteiger partial charge in [-0.05, 0) is 31.4 Å². The minimum Gasteiger partial charge on any atom is -0.357 e. The Kier molecular flexibility index (Phi) is 3.91. The fourth-order valence-electron chi connectivity index (χ4n) is 2.91. The number of nitrogens with one attached hydrogen (secondary N) is 2. The van der Waals surface area contributed by atoms with Gasteiger partial charge in [-0.1, -0.05) is 0 Å². The van der Waals surface area contributed by atoms with Crippen LogP contribution >= 0.6 is 0 Å². The summed E-state index contributed by atoms with van der Waals surface area (Å²) in [6, 6.07) is 1.82. The maximum atomic E-state index is 12.7. The molecule has 0 saturated carbocycles. The summed E-state index contributed by atoms with van der Waals surface area (Å²) in [6.07, 6.45) is -0.481. The minimum absolute atomic E-state index is 0.125. The van der Waals surface area contributed by atoms with E-state index in [1.807, 2.05) is 13.0 Å². The normalized spacial score (nSPS) is 19.1. The van der Waals surface area contributed by atoms with E-state index >= 15 is 0 Å². The topological polar surface area (TPSA) is 64.8 Å².